The van der Waals surface area contributed by atoms with E-state index in [9.17, 15) is 4.79 Å². The molecule has 0 bridgehead atoms. The summed E-state index contributed by atoms with van der Waals surface area (Å²) in [6.45, 7) is 6.49. The van der Waals surface area contributed by atoms with Crippen molar-refractivity contribution in [2.45, 2.75) is 26.8 Å². The molecule has 0 aromatic heterocycles. The van der Waals surface area contributed by atoms with Gasteiger partial charge in [0.15, 0.2) is 6.73 Å². The minimum Gasteiger partial charge on any atom is -0.494 e. The zero-order chi connectivity index (χ0) is 13.4. The summed E-state index contributed by atoms with van der Waals surface area (Å²) in [6, 6.07) is 7.12. The van der Waals surface area contributed by atoms with Crippen LogP contribution in [0.15, 0.2) is 24.3 Å². The van der Waals surface area contributed by atoms with Gasteiger partial charge in [-0.05, 0) is 45.0 Å². The predicted octanol–water partition coefficient (Wildman–Crippen LogP) is 2.13. The van der Waals surface area contributed by atoms with Crippen LogP contribution in [-0.2, 0) is 0 Å². The maximum absolute atomic E-state index is 11.3. The minimum atomic E-state index is -0.240. The van der Waals surface area contributed by atoms with Crippen LogP contribution < -0.4 is 20.1 Å². The molecular weight excluding hydrogens is 232 g/mol. The number of hydrogen-bond acceptors (Lipinski definition) is 3. The summed E-state index contributed by atoms with van der Waals surface area (Å²) in [6.07, 6.45) is 0. The Morgan fingerprint density at radius 2 is 1.72 bits per heavy atom. The Balaban J connectivity index is 2.28. The highest BCUT2D eigenvalue weighted by Crippen LogP contribution is 2.16. The highest BCUT2D eigenvalue weighted by Gasteiger charge is 2.01. The van der Waals surface area contributed by atoms with Gasteiger partial charge in [0, 0.05) is 6.04 Å². The fourth-order valence-corrected chi connectivity index (χ4v) is 1.30. The van der Waals surface area contributed by atoms with Crippen LogP contribution in [0, 0.1) is 0 Å². The molecule has 2 amide bonds. The zero-order valence-electron chi connectivity index (χ0n) is 11.0. The van der Waals surface area contributed by atoms with E-state index in [2.05, 4.69) is 10.6 Å². The number of hydrogen-bond donors (Lipinski definition) is 2. The van der Waals surface area contributed by atoms with Crippen LogP contribution >= 0.6 is 0 Å². The first-order chi connectivity index (χ1) is 8.61. The highest BCUT2D eigenvalue weighted by molar-refractivity contribution is 5.73. The fraction of sp³-hybridized carbons (Fsp3) is 0.462. The first-order valence-electron chi connectivity index (χ1n) is 6.02. The van der Waals surface area contributed by atoms with Crippen molar-refractivity contribution in [3.8, 4) is 11.5 Å². The van der Waals surface area contributed by atoms with E-state index in [1.54, 1.807) is 12.1 Å². The van der Waals surface area contributed by atoms with Gasteiger partial charge in [0.2, 0.25) is 0 Å². The summed E-state index contributed by atoms with van der Waals surface area (Å²) >= 11 is 0. The van der Waals surface area contributed by atoms with Crippen LogP contribution in [0.2, 0.25) is 0 Å². The summed E-state index contributed by atoms with van der Waals surface area (Å²) in [5.41, 5.74) is 0. The second-order valence-electron chi connectivity index (χ2n) is 4.00. The molecule has 0 aliphatic carbocycles. The number of urea groups is 1. The summed E-state index contributed by atoms with van der Waals surface area (Å²) in [5, 5.41) is 5.30. The molecule has 0 atom stereocenters. The van der Waals surface area contributed by atoms with Crippen LogP contribution in [0.1, 0.15) is 20.8 Å². The van der Waals surface area contributed by atoms with E-state index in [4.69, 9.17) is 9.47 Å². The lowest BCUT2D eigenvalue weighted by Gasteiger charge is -2.11. The number of rotatable bonds is 6. The summed E-state index contributed by atoms with van der Waals surface area (Å²) in [4.78, 5) is 11.3. The molecule has 1 aromatic rings. The highest BCUT2D eigenvalue weighted by atomic mass is 16.5. The number of amides is 2. The molecule has 0 aliphatic rings. The molecule has 0 spiro atoms. The molecule has 0 aliphatic heterocycles. The maximum atomic E-state index is 11.3. The van der Waals surface area contributed by atoms with Crippen LogP contribution in [0.4, 0.5) is 4.79 Å². The van der Waals surface area contributed by atoms with Crippen LogP contribution in [-0.4, -0.2) is 25.4 Å². The Bertz CT molecular complexity index is 363. The van der Waals surface area contributed by atoms with E-state index < -0.39 is 0 Å². The second-order valence-corrected chi connectivity index (χ2v) is 4.00. The van der Waals surface area contributed by atoms with Crippen molar-refractivity contribution in [1.29, 1.82) is 0 Å². The molecule has 100 valence electrons. The van der Waals surface area contributed by atoms with Crippen LogP contribution in [0.25, 0.3) is 0 Å². The number of carbonyl (C=O) groups is 1. The van der Waals surface area contributed by atoms with Crippen LogP contribution in [0.5, 0.6) is 11.5 Å². The van der Waals surface area contributed by atoms with Crippen LogP contribution in [0.3, 0.4) is 0 Å². The Morgan fingerprint density at radius 3 is 2.22 bits per heavy atom. The van der Waals surface area contributed by atoms with E-state index in [0.717, 1.165) is 5.75 Å². The first-order valence-corrected chi connectivity index (χ1v) is 6.02. The van der Waals surface area contributed by atoms with Gasteiger partial charge in [-0.1, -0.05) is 0 Å². The van der Waals surface area contributed by atoms with Gasteiger partial charge in [0.25, 0.3) is 0 Å². The third kappa shape index (κ3) is 5.43. The molecule has 5 nitrogen and oxygen atoms in total. The van der Waals surface area contributed by atoms with Crippen molar-refractivity contribution in [2.24, 2.45) is 0 Å². The summed E-state index contributed by atoms with van der Waals surface area (Å²) in [5.74, 6) is 1.48. The average molecular weight is 252 g/mol. The third-order valence-corrected chi connectivity index (χ3v) is 2.03. The minimum absolute atomic E-state index is 0.107. The number of ether oxygens (including phenoxy) is 2. The SMILES string of the molecule is CCOc1ccc(OCNC(=O)NC(C)C)cc1. The Labute approximate surface area is 107 Å². The van der Waals surface area contributed by atoms with Gasteiger partial charge in [-0.15, -0.1) is 0 Å². The van der Waals surface area contributed by atoms with E-state index in [0.29, 0.717) is 12.4 Å². The predicted molar refractivity (Wildman–Crippen MR) is 69.9 cm³/mol. The molecule has 5 heteroatoms. The van der Waals surface area contributed by atoms with Gasteiger partial charge in [0.05, 0.1) is 6.61 Å². The number of benzene rings is 1. The van der Waals surface area contributed by atoms with E-state index in [-0.39, 0.29) is 18.8 Å². The van der Waals surface area contributed by atoms with E-state index in [1.165, 1.54) is 0 Å². The van der Waals surface area contributed by atoms with Crippen molar-refractivity contribution in [2.75, 3.05) is 13.3 Å². The molecule has 18 heavy (non-hydrogen) atoms. The normalized spacial score (nSPS) is 10.0. The van der Waals surface area contributed by atoms with Gasteiger partial charge >= 0.3 is 6.03 Å². The lowest BCUT2D eigenvalue weighted by atomic mass is 10.3. The maximum Gasteiger partial charge on any atom is 0.317 e. The van der Waals surface area contributed by atoms with Gasteiger partial charge in [-0.25, -0.2) is 4.79 Å². The molecule has 0 saturated heterocycles. The third-order valence-electron chi connectivity index (χ3n) is 2.03. The smallest absolute Gasteiger partial charge is 0.317 e. The molecule has 0 radical (unpaired) electrons. The molecule has 0 saturated carbocycles. The molecular formula is C13H20N2O3. The lowest BCUT2D eigenvalue weighted by Crippen LogP contribution is -2.41. The molecule has 2 N–H and O–H groups in total. The summed E-state index contributed by atoms with van der Waals surface area (Å²) < 4.78 is 10.7. The fourth-order valence-electron chi connectivity index (χ4n) is 1.30. The molecule has 0 fully saturated rings. The lowest BCUT2D eigenvalue weighted by molar-refractivity contribution is 0.222. The van der Waals surface area contributed by atoms with Gasteiger partial charge in [-0.2, -0.15) is 0 Å². The Kier molecular flexibility index (Phi) is 5.84. The van der Waals surface area contributed by atoms with Crippen molar-refractivity contribution >= 4 is 6.03 Å². The molecule has 1 rings (SSSR count). The number of carbonyl (C=O) groups excluding carboxylic acids is 1. The van der Waals surface area contributed by atoms with Gasteiger partial charge in [-0.3, -0.25) is 0 Å². The molecule has 0 heterocycles. The van der Waals surface area contributed by atoms with Crippen molar-refractivity contribution < 1.29 is 14.3 Å². The van der Waals surface area contributed by atoms with Crippen molar-refractivity contribution in [3.05, 3.63) is 24.3 Å². The largest absolute Gasteiger partial charge is 0.494 e. The van der Waals surface area contributed by atoms with Gasteiger partial charge < -0.3 is 20.1 Å². The Hall–Kier alpha value is -1.91. The monoisotopic (exact) mass is 252 g/mol. The number of nitrogens with one attached hydrogen (secondary N) is 2. The standard InChI is InChI=1S/C13H20N2O3/c1-4-17-11-5-7-12(8-6-11)18-9-14-13(16)15-10(2)3/h5-8,10H,4,9H2,1-3H3,(H2,14,15,16). The molecule has 1 aromatic carbocycles. The van der Waals surface area contributed by atoms with Crippen molar-refractivity contribution in [1.82, 2.24) is 10.6 Å². The quantitative estimate of drug-likeness (QED) is 0.762. The molecule has 0 unspecified atom stereocenters. The zero-order valence-corrected chi connectivity index (χ0v) is 11.0. The average Bonchev–Trinajstić information content (AvgIpc) is 2.31. The first kappa shape index (κ1) is 14.2. The summed E-state index contributed by atoms with van der Waals surface area (Å²) in [7, 11) is 0. The van der Waals surface area contributed by atoms with E-state index >= 15 is 0 Å². The second kappa shape index (κ2) is 7.42. The van der Waals surface area contributed by atoms with E-state index in [1.807, 2.05) is 32.9 Å². The Morgan fingerprint density at radius 1 is 1.17 bits per heavy atom. The topological polar surface area (TPSA) is 59.6 Å². The van der Waals surface area contributed by atoms with Gasteiger partial charge in [0.1, 0.15) is 11.5 Å². The van der Waals surface area contributed by atoms with Crippen molar-refractivity contribution in [3.63, 3.8) is 0 Å².